The number of carbonyl (C=O) groups excluding carboxylic acids is 1. The Morgan fingerprint density at radius 1 is 1.16 bits per heavy atom. The van der Waals surface area contributed by atoms with E-state index in [1.165, 1.54) is 0 Å². The van der Waals surface area contributed by atoms with Gasteiger partial charge in [-0.1, -0.05) is 12.8 Å². The summed E-state index contributed by atoms with van der Waals surface area (Å²) in [5.41, 5.74) is 13.2. The monoisotopic (exact) mass is 429 g/mol. The molecule has 1 saturated carbocycles. The van der Waals surface area contributed by atoms with Crippen LogP contribution in [-0.2, 0) is 4.74 Å². The fourth-order valence-corrected chi connectivity index (χ4v) is 4.01. The molecule has 1 amide bonds. The highest BCUT2D eigenvalue weighted by Crippen LogP contribution is 2.28. The zero-order valence-electron chi connectivity index (χ0n) is 17.3. The van der Waals surface area contributed by atoms with Crippen molar-refractivity contribution >= 4 is 28.9 Å². The molecule has 0 spiro atoms. The number of nitrogens with zero attached hydrogens (tertiary/aromatic N) is 3. The molecule has 1 saturated heterocycles. The molecule has 4 rings (SSSR count). The van der Waals surface area contributed by atoms with E-state index < -0.39 is 11.7 Å². The molecule has 6 N–H and O–H groups in total. The van der Waals surface area contributed by atoms with Crippen LogP contribution in [-0.4, -0.2) is 54.3 Å². The first-order chi connectivity index (χ1) is 15.0. The minimum atomic E-state index is -0.771. The Balaban J connectivity index is 1.60. The van der Waals surface area contributed by atoms with Gasteiger partial charge >= 0.3 is 0 Å². The summed E-state index contributed by atoms with van der Waals surface area (Å²) in [6.45, 7) is 2.84. The van der Waals surface area contributed by atoms with Crippen molar-refractivity contribution < 1.29 is 13.9 Å². The van der Waals surface area contributed by atoms with Crippen molar-refractivity contribution in [1.82, 2.24) is 9.97 Å². The van der Waals surface area contributed by atoms with Crippen LogP contribution in [0, 0.1) is 5.82 Å². The fraction of sp³-hybridized carbons (Fsp3) is 0.476. The number of pyridine rings is 2. The maximum absolute atomic E-state index is 14.7. The lowest BCUT2D eigenvalue weighted by atomic mass is 9.91. The minimum Gasteiger partial charge on any atom is -0.378 e. The van der Waals surface area contributed by atoms with Gasteiger partial charge in [0.2, 0.25) is 0 Å². The van der Waals surface area contributed by atoms with Crippen molar-refractivity contribution in [3.8, 4) is 0 Å². The minimum absolute atomic E-state index is 0.0345. The van der Waals surface area contributed by atoms with E-state index in [2.05, 4.69) is 25.5 Å². The Morgan fingerprint density at radius 3 is 2.68 bits per heavy atom. The van der Waals surface area contributed by atoms with E-state index in [-0.39, 0.29) is 29.3 Å². The van der Waals surface area contributed by atoms with Crippen LogP contribution in [0.3, 0.4) is 0 Å². The normalized spacial score (nSPS) is 21.5. The van der Waals surface area contributed by atoms with E-state index in [9.17, 15) is 9.18 Å². The zero-order valence-corrected chi connectivity index (χ0v) is 17.3. The number of nitrogens with one attached hydrogen (secondary N) is 2. The molecule has 2 aliphatic rings. The van der Waals surface area contributed by atoms with E-state index in [1.807, 2.05) is 6.07 Å². The van der Waals surface area contributed by atoms with Gasteiger partial charge in [0.1, 0.15) is 5.82 Å². The van der Waals surface area contributed by atoms with Crippen LogP contribution in [0.25, 0.3) is 0 Å². The number of ether oxygens (including phenoxy) is 1. The molecule has 0 radical (unpaired) electrons. The molecule has 0 aromatic carbocycles. The predicted octanol–water partition coefficient (Wildman–Crippen LogP) is 1.98. The van der Waals surface area contributed by atoms with Gasteiger partial charge in [-0.2, -0.15) is 0 Å². The van der Waals surface area contributed by atoms with Crippen molar-refractivity contribution in [1.29, 1.82) is 0 Å². The average molecular weight is 430 g/mol. The van der Waals surface area contributed by atoms with Gasteiger partial charge in [0.05, 0.1) is 42.5 Å². The van der Waals surface area contributed by atoms with Gasteiger partial charge in [0, 0.05) is 25.2 Å². The van der Waals surface area contributed by atoms with Crippen molar-refractivity contribution in [2.75, 3.05) is 41.8 Å². The SMILES string of the molecule is NC(=O)c1cc(F)c(NC2CCCCC2N)nc1Nc1cncc(N2CCOCC2)c1. The number of nitrogens with two attached hydrogens (primary N) is 2. The first kappa shape index (κ1) is 21.3. The molecule has 0 bridgehead atoms. The summed E-state index contributed by atoms with van der Waals surface area (Å²) in [7, 11) is 0. The van der Waals surface area contributed by atoms with Crippen molar-refractivity contribution in [3.05, 3.63) is 35.9 Å². The molecule has 2 aromatic heterocycles. The summed E-state index contributed by atoms with van der Waals surface area (Å²) in [5, 5.41) is 6.19. The fourth-order valence-electron chi connectivity index (χ4n) is 4.01. The molecule has 31 heavy (non-hydrogen) atoms. The van der Waals surface area contributed by atoms with Gasteiger partial charge in [-0.05, 0) is 25.0 Å². The lowest BCUT2D eigenvalue weighted by Gasteiger charge is -2.30. The third-order valence-electron chi connectivity index (χ3n) is 5.75. The highest BCUT2D eigenvalue weighted by Gasteiger charge is 2.24. The second-order valence-electron chi connectivity index (χ2n) is 7.93. The summed E-state index contributed by atoms with van der Waals surface area (Å²) in [6, 6.07) is 2.86. The van der Waals surface area contributed by atoms with Crippen LogP contribution < -0.4 is 27.0 Å². The summed E-state index contributed by atoms with van der Waals surface area (Å²) in [5.74, 6) is -1.20. The summed E-state index contributed by atoms with van der Waals surface area (Å²) < 4.78 is 20.1. The molecular weight excluding hydrogens is 401 g/mol. The van der Waals surface area contributed by atoms with Crippen LogP contribution in [0.15, 0.2) is 24.5 Å². The summed E-state index contributed by atoms with van der Waals surface area (Å²) in [4.78, 5) is 22.7. The number of anilines is 4. The molecule has 1 aliphatic heterocycles. The number of morpholine rings is 1. The quantitative estimate of drug-likeness (QED) is 0.548. The second-order valence-corrected chi connectivity index (χ2v) is 7.93. The predicted molar refractivity (Wildman–Crippen MR) is 117 cm³/mol. The number of carbonyl (C=O) groups is 1. The average Bonchev–Trinajstić information content (AvgIpc) is 2.78. The third-order valence-corrected chi connectivity index (χ3v) is 5.75. The van der Waals surface area contributed by atoms with Crippen molar-refractivity contribution in [2.24, 2.45) is 11.5 Å². The molecule has 1 aliphatic carbocycles. The Hall–Kier alpha value is -2.98. The van der Waals surface area contributed by atoms with Gasteiger partial charge in [0.25, 0.3) is 5.91 Å². The molecular formula is C21H28FN7O2. The van der Waals surface area contributed by atoms with Crippen molar-refractivity contribution in [2.45, 2.75) is 37.8 Å². The summed E-state index contributed by atoms with van der Waals surface area (Å²) in [6.07, 6.45) is 7.19. The molecule has 2 aromatic rings. The molecule has 2 fully saturated rings. The standard InChI is InChI=1S/C21H28FN7O2/c22-16-10-15(19(24)30)20(28-21(16)27-18-4-2-1-3-17(18)23)26-13-9-14(12-25-11-13)29-5-7-31-8-6-29/h9-12,17-18H,1-8,23H2,(H2,24,30)(H2,26,27,28). The molecule has 2 unspecified atom stereocenters. The van der Waals surface area contributed by atoms with Gasteiger partial charge in [-0.15, -0.1) is 0 Å². The Kier molecular flexibility index (Phi) is 6.47. The Labute approximate surface area is 180 Å². The van der Waals surface area contributed by atoms with E-state index >= 15 is 0 Å². The number of aromatic nitrogens is 2. The van der Waals surface area contributed by atoms with E-state index in [0.29, 0.717) is 18.9 Å². The number of hydrogen-bond acceptors (Lipinski definition) is 8. The van der Waals surface area contributed by atoms with E-state index in [1.54, 1.807) is 12.4 Å². The first-order valence-corrected chi connectivity index (χ1v) is 10.6. The van der Waals surface area contributed by atoms with Gasteiger partial charge in [0.15, 0.2) is 11.6 Å². The number of primary amides is 1. The topological polar surface area (TPSA) is 131 Å². The van der Waals surface area contributed by atoms with E-state index in [0.717, 1.165) is 50.5 Å². The highest BCUT2D eigenvalue weighted by molar-refractivity contribution is 5.98. The maximum Gasteiger partial charge on any atom is 0.252 e. The number of halogens is 1. The molecule has 3 heterocycles. The highest BCUT2D eigenvalue weighted by atomic mass is 19.1. The van der Waals surface area contributed by atoms with Crippen LogP contribution in [0.4, 0.5) is 27.4 Å². The van der Waals surface area contributed by atoms with Crippen LogP contribution in [0.2, 0.25) is 0 Å². The van der Waals surface area contributed by atoms with Gasteiger partial charge in [-0.3, -0.25) is 9.78 Å². The molecule has 2 atom stereocenters. The van der Waals surface area contributed by atoms with E-state index in [4.69, 9.17) is 16.2 Å². The number of amides is 1. The lowest BCUT2D eigenvalue weighted by Crippen LogP contribution is -2.43. The van der Waals surface area contributed by atoms with Gasteiger partial charge in [-0.25, -0.2) is 9.37 Å². The van der Waals surface area contributed by atoms with Crippen LogP contribution in [0.5, 0.6) is 0 Å². The lowest BCUT2D eigenvalue weighted by molar-refractivity contribution is 0.100. The largest absolute Gasteiger partial charge is 0.378 e. The Morgan fingerprint density at radius 2 is 1.94 bits per heavy atom. The number of rotatable bonds is 6. The second kappa shape index (κ2) is 9.44. The summed E-state index contributed by atoms with van der Waals surface area (Å²) >= 11 is 0. The van der Waals surface area contributed by atoms with Crippen LogP contribution >= 0.6 is 0 Å². The maximum atomic E-state index is 14.7. The van der Waals surface area contributed by atoms with Crippen molar-refractivity contribution in [3.63, 3.8) is 0 Å². The van der Waals surface area contributed by atoms with Gasteiger partial charge < -0.3 is 31.7 Å². The zero-order chi connectivity index (χ0) is 21.8. The third kappa shape index (κ3) is 5.02. The number of hydrogen-bond donors (Lipinski definition) is 4. The molecule has 9 nitrogen and oxygen atoms in total. The smallest absolute Gasteiger partial charge is 0.252 e. The molecule has 10 heteroatoms. The first-order valence-electron chi connectivity index (χ1n) is 10.6. The molecule has 166 valence electrons. The van der Waals surface area contributed by atoms with Crippen LogP contribution in [0.1, 0.15) is 36.0 Å². The Bertz CT molecular complexity index is 936.